The smallest absolute Gasteiger partial charge is 0.191 e. The summed E-state index contributed by atoms with van der Waals surface area (Å²) in [6, 6.07) is 4.23. The van der Waals surface area contributed by atoms with E-state index in [2.05, 4.69) is 26.6 Å². The minimum Gasteiger partial charge on any atom is -0.393 e. The SMILES string of the molecule is CC(C)(O)O.CCCSc1nc(N(P)[C@@H]2C[C@H]2c2ccc(F)c(F)c2)c2nnn([C@H]3CC[C@@H](O)C3)c2n1. The van der Waals surface area contributed by atoms with Crippen LogP contribution in [-0.2, 0) is 0 Å². The molecule has 2 aromatic heterocycles. The van der Waals surface area contributed by atoms with Gasteiger partial charge in [0.05, 0.1) is 12.1 Å². The van der Waals surface area contributed by atoms with Gasteiger partial charge < -0.3 is 20.0 Å². The fourth-order valence-corrected chi connectivity index (χ4v) is 5.58. The average Bonchev–Trinajstić information content (AvgIpc) is 3.33. The number of halogens is 2. The molecule has 1 aromatic carbocycles. The number of aliphatic hydroxyl groups is 3. The van der Waals surface area contributed by atoms with Gasteiger partial charge in [0.25, 0.3) is 0 Å². The van der Waals surface area contributed by atoms with Crippen LogP contribution in [0, 0.1) is 11.6 Å². The number of aromatic nitrogens is 5. The van der Waals surface area contributed by atoms with Gasteiger partial charge in [0.1, 0.15) is 0 Å². The van der Waals surface area contributed by atoms with Crippen molar-refractivity contribution in [3.63, 3.8) is 0 Å². The van der Waals surface area contributed by atoms with Crippen molar-refractivity contribution in [1.82, 2.24) is 25.0 Å². The Morgan fingerprint density at radius 1 is 1.16 bits per heavy atom. The van der Waals surface area contributed by atoms with Gasteiger partial charge in [0.15, 0.2) is 39.6 Å². The molecule has 0 aliphatic heterocycles. The molecule has 2 aliphatic rings. The number of hydrogen-bond donors (Lipinski definition) is 3. The van der Waals surface area contributed by atoms with Crippen LogP contribution < -0.4 is 4.67 Å². The predicted octanol–water partition coefficient (Wildman–Crippen LogP) is 3.95. The third-order valence-corrected chi connectivity index (χ3v) is 7.85. The lowest BCUT2D eigenvalue weighted by Gasteiger charge is -2.19. The predicted molar refractivity (Wildman–Crippen MR) is 141 cm³/mol. The third kappa shape index (κ3) is 6.92. The van der Waals surface area contributed by atoms with E-state index in [0.29, 0.717) is 28.6 Å². The number of benzene rings is 1. The summed E-state index contributed by atoms with van der Waals surface area (Å²) in [7, 11) is 2.71. The van der Waals surface area contributed by atoms with Crippen molar-refractivity contribution in [1.29, 1.82) is 0 Å². The molecule has 2 aliphatic carbocycles. The highest BCUT2D eigenvalue weighted by atomic mass is 32.2. The van der Waals surface area contributed by atoms with E-state index in [1.54, 1.807) is 17.8 Å². The van der Waals surface area contributed by atoms with E-state index in [-0.39, 0.29) is 24.1 Å². The van der Waals surface area contributed by atoms with Gasteiger partial charge in [0.2, 0.25) is 0 Å². The highest BCUT2D eigenvalue weighted by Crippen LogP contribution is 2.48. The molecular weight excluding hydrogens is 521 g/mol. The maximum Gasteiger partial charge on any atom is 0.191 e. The first kappa shape index (κ1) is 28.0. The van der Waals surface area contributed by atoms with E-state index in [1.165, 1.54) is 26.0 Å². The minimum absolute atomic E-state index is 0.0654. The number of hydrogen-bond acceptors (Lipinski definition) is 9. The zero-order valence-corrected chi connectivity index (χ0v) is 23.0. The Balaban J connectivity index is 0.000000586. The first-order valence-electron chi connectivity index (χ1n) is 12.3. The van der Waals surface area contributed by atoms with Crippen LogP contribution in [0.25, 0.3) is 11.2 Å². The third-order valence-electron chi connectivity index (χ3n) is 6.17. The number of fused-ring (bicyclic) bond motifs is 1. The van der Waals surface area contributed by atoms with Gasteiger partial charge in [-0.2, -0.15) is 0 Å². The van der Waals surface area contributed by atoms with Crippen LogP contribution in [0.15, 0.2) is 23.4 Å². The monoisotopic (exact) mass is 554 g/mol. The summed E-state index contributed by atoms with van der Waals surface area (Å²) in [5.41, 5.74) is 2.05. The molecule has 5 rings (SSSR count). The summed E-state index contributed by atoms with van der Waals surface area (Å²) >= 11 is 1.59. The van der Waals surface area contributed by atoms with Crippen molar-refractivity contribution >= 4 is 38.1 Å². The second-order valence-electron chi connectivity index (χ2n) is 9.99. The zero-order valence-electron chi connectivity index (χ0n) is 21.1. The van der Waals surface area contributed by atoms with Crippen molar-refractivity contribution in [3.8, 4) is 0 Å². The second-order valence-corrected chi connectivity index (χ2v) is 11.6. The molecule has 1 unspecified atom stereocenters. The molecule has 5 atom stereocenters. The molecule has 0 bridgehead atoms. The van der Waals surface area contributed by atoms with Crippen LogP contribution in [-0.4, -0.2) is 64.0 Å². The highest BCUT2D eigenvalue weighted by molar-refractivity contribution is 7.99. The molecule has 13 heteroatoms. The normalized spacial score (nSPS) is 23.2. The summed E-state index contributed by atoms with van der Waals surface area (Å²) in [6.45, 7) is 4.71. The molecule has 0 amide bonds. The number of aliphatic hydroxyl groups excluding tert-OH is 1. The Kier molecular flexibility index (Phi) is 8.65. The number of nitrogens with zero attached hydrogens (tertiary/aromatic N) is 6. The lowest BCUT2D eigenvalue weighted by molar-refractivity contribution is -0.127. The van der Waals surface area contributed by atoms with Crippen LogP contribution in [0.2, 0.25) is 0 Å². The van der Waals surface area contributed by atoms with E-state index in [0.717, 1.165) is 37.0 Å². The van der Waals surface area contributed by atoms with E-state index < -0.39 is 17.4 Å². The molecule has 3 N–H and O–H groups in total. The average molecular weight is 555 g/mol. The highest BCUT2D eigenvalue weighted by Gasteiger charge is 2.43. The van der Waals surface area contributed by atoms with E-state index in [9.17, 15) is 13.9 Å². The summed E-state index contributed by atoms with van der Waals surface area (Å²) in [4.78, 5) is 9.52. The number of anilines is 1. The fourth-order valence-electron chi connectivity index (χ4n) is 4.38. The molecule has 2 saturated carbocycles. The van der Waals surface area contributed by atoms with E-state index >= 15 is 0 Å². The Morgan fingerprint density at radius 2 is 1.89 bits per heavy atom. The summed E-state index contributed by atoms with van der Waals surface area (Å²) in [5.74, 6) is -1.52. The molecule has 37 heavy (non-hydrogen) atoms. The minimum atomic E-state index is -1.50. The maximum atomic E-state index is 13.7. The second kappa shape index (κ2) is 11.4. The van der Waals surface area contributed by atoms with Gasteiger partial charge in [-0.3, -0.25) is 0 Å². The number of thioether (sulfide) groups is 1. The van der Waals surface area contributed by atoms with Gasteiger partial charge in [0, 0.05) is 17.7 Å². The van der Waals surface area contributed by atoms with Gasteiger partial charge in [-0.25, -0.2) is 23.4 Å². The Hall–Kier alpha value is -1.98. The van der Waals surface area contributed by atoms with Crippen LogP contribution in [0.4, 0.5) is 14.6 Å². The summed E-state index contributed by atoms with van der Waals surface area (Å²) < 4.78 is 30.9. The number of rotatable bonds is 7. The molecule has 9 nitrogen and oxygen atoms in total. The Morgan fingerprint density at radius 3 is 2.51 bits per heavy atom. The van der Waals surface area contributed by atoms with Crippen molar-refractivity contribution < 1.29 is 24.1 Å². The van der Waals surface area contributed by atoms with E-state index in [4.69, 9.17) is 20.2 Å². The molecule has 2 heterocycles. The first-order valence-corrected chi connectivity index (χ1v) is 13.8. The standard InChI is InChI=1S/C21H25F2N6OPS.C3H8O2/c1-2-7-32-21-24-19-18(26-27-28(19)12-4-5-13(30)9-12)20(25-21)29(31)17-10-14(17)11-3-6-15(22)16(23)8-11;1-3(2,4)5/h3,6,8,12-14,17,30H,2,4-5,7,9-10,31H2,1H3;4-5H,1-2H3/t12-,13+,14-,17+;/m0./s1. The quantitative estimate of drug-likeness (QED) is 0.173. The topological polar surface area (TPSA) is 120 Å². The molecule has 0 spiro atoms. The first-order chi connectivity index (χ1) is 17.5. The van der Waals surface area contributed by atoms with Crippen LogP contribution in [0.5, 0.6) is 0 Å². The summed E-state index contributed by atoms with van der Waals surface area (Å²) in [5, 5.41) is 35.6. The lowest BCUT2D eigenvalue weighted by atomic mass is 10.1. The Labute approximate surface area is 220 Å². The van der Waals surface area contributed by atoms with E-state index in [1.807, 2.05) is 9.35 Å². The van der Waals surface area contributed by atoms with Gasteiger partial charge in [-0.1, -0.05) is 30.0 Å². The molecule has 3 aromatic rings. The van der Waals surface area contributed by atoms with Gasteiger partial charge >= 0.3 is 0 Å². The van der Waals surface area contributed by atoms with Crippen molar-refractivity contribution in [2.45, 2.75) is 87.9 Å². The van der Waals surface area contributed by atoms with Crippen LogP contribution >= 0.6 is 21.2 Å². The van der Waals surface area contributed by atoms with Gasteiger partial charge in [-0.15, -0.1) is 5.10 Å². The Bertz CT molecular complexity index is 1240. The zero-order chi connectivity index (χ0) is 26.9. The van der Waals surface area contributed by atoms with Crippen molar-refractivity contribution in [2.24, 2.45) is 0 Å². The van der Waals surface area contributed by atoms with Crippen LogP contribution in [0.3, 0.4) is 0 Å². The molecule has 2 fully saturated rings. The van der Waals surface area contributed by atoms with Crippen molar-refractivity contribution in [3.05, 3.63) is 35.4 Å². The van der Waals surface area contributed by atoms with Crippen molar-refractivity contribution in [2.75, 3.05) is 10.4 Å². The molecule has 202 valence electrons. The molecule has 0 radical (unpaired) electrons. The van der Waals surface area contributed by atoms with Gasteiger partial charge in [-0.05, 0) is 73.0 Å². The lowest BCUT2D eigenvalue weighted by Crippen LogP contribution is -2.17. The largest absolute Gasteiger partial charge is 0.393 e. The molecular formula is C24H33F2N6O3PS. The van der Waals surface area contributed by atoms with Crippen LogP contribution in [0.1, 0.15) is 70.4 Å². The maximum absolute atomic E-state index is 13.7. The fraction of sp³-hybridized carbons (Fsp3) is 0.583. The molecule has 0 saturated heterocycles. The summed E-state index contributed by atoms with van der Waals surface area (Å²) in [6.07, 6.45) is 3.70.